The highest BCUT2D eigenvalue weighted by Gasteiger charge is 2.19. The third kappa shape index (κ3) is 5.00. The highest BCUT2D eigenvalue weighted by molar-refractivity contribution is 5.79. The first-order valence-electron chi connectivity index (χ1n) is 7.96. The zero-order valence-electron chi connectivity index (χ0n) is 13.3. The molecule has 0 spiro atoms. The Morgan fingerprint density at radius 3 is 2.82 bits per heavy atom. The summed E-state index contributed by atoms with van der Waals surface area (Å²) in [5.41, 5.74) is 0.702. The molecule has 0 aliphatic carbocycles. The first-order valence-corrected chi connectivity index (χ1v) is 7.96. The van der Waals surface area contributed by atoms with Gasteiger partial charge in [-0.15, -0.1) is 0 Å². The summed E-state index contributed by atoms with van der Waals surface area (Å²) in [7, 11) is 1.72. The van der Waals surface area contributed by atoms with E-state index >= 15 is 0 Å². The first-order chi connectivity index (χ1) is 10.7. The Bertz CT molecular complexity index is 479. The van der Waals surface area contributed by atoms with Crippen LogP contribution in [0, 0.1) is 0 Å². The number of hydrogen-bond donors (Lipinski definition) is 1. The Balaban J connectivity index is 1.83. The number of aromatic hydroxyl groups is 1. The summed E-state index contributed by atoms with van der Waals surface area (Å²) in [5, 5.41) is 9.79. The van der Waals surface area contributed by atoms with Gasteiger partial charge in [0.25, 0.3) is 0 Å². The molecule has 0 bridgehead atoms. The highest BCUT2D eigenvalue weighted by atomic mass is 16.5. The summed E-state index contributed by atoms with van der Waals surface area (Å²) in [6.07, 6.45) is 2.30. The number of para-hydroxylation sites is 1. The number of rotatable bonds is 6. The van der Waals surface area contributed by atoms with E-state index in [4.69, 9.17) is 4.74 Å². The lowest BCUT2D eigenvalue weighted by Gasteiger charge is -2.22. The van der Waals surface area contributed by atoms with E-state index in [-0.39, 0.29) is 18.1 Å². The third-order valence-corrected chi connectivity index (χ3v) is 4.10. The van der Waals surface area contributed by atoms with Crippen molar-refractivity contribution in [3.8, 4) is 5.75 Å². The van der Waals surface area contributed by atoms with Gasteiger partial charge >= 0.3 is 0 Å². The Kier molecular flexibility index (Phi) is 6.68. The van der Waals surface area contributed by atoms with Crippen LogP contribution >= 0.6 is 0 Å². The third-order valence-electron chi connectivity index (χ3n) is 4.10. The van der Waals surface area contributed by atoms with Crippen molar-refractivity contribution >= 4 is 5.91 Å². The molecule has 1 aliphatic rings. The fourth-order valence-electron chi connectivity index (χ4n) is 2.81. The molecule has 5 nitrogen and oxygen atoms in total. The van der Waals surface area contributed by atoms with Gasteiger partial charge in [-0.05, 0) is 25.5 Å². The zero-order valence-corrected chi connectivity index (χ0v) is 13.3. The fraction of sp³-hybridized carbons (Fsp3) is 0.588. The van der Waals surface area contributed by atoms with E-state index in [9.17, 15) is 9.90 Å². The minimum absolute atomic E-state index is 0.0974. The Morgan fingerprint density at radius 2 is 2.05 bits per heavy atom. The molecule has 1 aromatic rings. The number of ether oxygens (including phenoxy) is 1. The van der Waals surface area contributed by atoms with E-state index < -0.39 is 0 Å². The fourth-order valence-corrected chi connectivity index (χ4v) is 2.81. The second-order valence-electron chi connectivity index (χ2n) is 5.73. The molecule has 1 saturated heterocycles. The smallest absolute Gasteiger partial charge is 0.227 e. The molecular weight excluding hydrogens is 280 g/mol. The number of hydrogen-bond acceptors (Lipinski definition) is 4. The van der Waals surface area contributed by atoms with Crippen LogP contribution < -0.4 is 0 Å². The van der Waals surface area contributed by atoms with Crippen molar-refractivity contribution in [2.45, 2.75) is 19.3 Å². The van der Waals surface area contributed by atoms with Crippen LogP contribution in [0.15, 0.2) is 24.3 Å². The van der Waals surface area contributed by atoms with E-state index in [1.807, 2.05) is 17.0 Å². The number of carbonyl (C=O) groups excluding carboxylic acids is 1. The van der Waals surface area contributed by atoms with Crippen LogP contribution in [0.1, 0.15) is 18.4 Å². The van der Waals surface area contributed by atoms with Gasteiger partial charge in [-0.1, -0.05) is 18.2 Å². The van der Waals surface area contributed by atoms with Gasteiger partial charge in [0.05, 0.1) is 6.42 Å². The number of phenols is 1. The minimum atomic E-state index is 0.0974. The zero-order chi connectivity index (χ0) is 15.8. The predicted octanol–water partition coefficient (Wildman–Crippen LogP) is 1.51. The molecule has 1 N–H and O–H groups in total. The van der Waals surface area contributed by atoms with Crippen molar-refractivity contribution in [1.29, 1.82) is 0 Å². The van der Waals surface area contributed by atoms with Crippen molar-refractivity contribution < 1.29 is 14.6 Å². The van der Waals surface area contributed by atoms with Crippen LogP contribution in [0.5, 0.6) is 5.75 Å². The van der Waals surface area contributed by atoms with Gasteiger partial charge in [0, 0.05) is 45.5 Å². The Hall–Kier alpha value is -1.59. The van der Waals surface area contributed by atoms with Crippen LogP contribution in [-0.2, 0) is 16.0 Å². The summed E-state index contributed by atoms with van der Waals surface area (Å²) in [5.74, 6) is 0.298. The molecule has 2 rings (SSSR count). The number of benzene rings is 1. The van der Waals surface area contributed by atoms with Gasteiger partial charge in [0.1, 0.15) is 5.75 Å². The number of amides is 1. The first kappa shape index (κ1) is 16.8. The van der Waals surface area contributed by atoms with Crippen LogP contribution in [-0.4, -0.2) is 67.3 Å². The van der Waals surface area contributed by atoms with Crippen LogP contribution in [0.3, 0.4) is 0 Å². The molecule has 0 radical (unpaired) electrons. The average molecular weight is 306 g/mol. The van der Waals surface area contributed by atoms with Gasteiger partial charge in [-0.3, -0.25) is 4.79 Å². The van der Waals surface area contributed by atoms with Gasteiger partial charge < -0.3 is 19.6 Å². The highest BCUT2D eigenvalue weighted by Crippen LogP contribution is 2.17. The maximum Gasteiger partial charge on any atom is 0.227 e. The monoisotopic (exact) mass is 306 g/mol. The van der Waals surface area contributed by atoms with E-state index in [1.165, 1.54) is 0 Å². The van der Waals surface area contributed by atoms with Crippen molar-refractivity contribution in [3.63, 3.8) is 0 Å². The topological polar surface area (TPSA) is 53.0 Å². The number of methoxy groups -OCH3 is 1. The summed E-state index contributed by atoms with van der Waals surface area (Å²) < 4.78 is 5.09. The van der Waals surface area contributed by atoms with Gasteiger partial charge in [0.15, 0.2) is 0 Å². The number of phenolic OH excluding ortho intramolecular Hbond substituents is 1. The van der Waals surface area contributed by atoms with Crippen molar-refractivity contribution in [2.24, 2.45) is 0 Å². The average Bonchev–Trinajstić information content (AvgIpc) is 2.76. The standard InChI is InChI=1S/C17H26N2O3/c1-22-13-5-9-18-8-4-10-19(12-11-18)17(21)14-15-6-2-3-7-16(15)20/h2-3,6-7,20H,4-5,8-14H2,1H3. The van der Waals surface area contributed by atoms with Crippen LogP contribution in [0.2, 0.25) is 0 Å². The molecule has 0 aromatic heterocycles. The van der Waals surface area contributed by atoms with Crippen LogP contribution in [0.25, 0.3) is 0 Å². The lowest BCUT2D eigenvalue weighted by molar-refractivity contribution is -0.130. The minimum Gasteiger partial charge on any atom is -0.508 e. The molecule has 5 heteroatoms. The summed E-state index contributed by atoms with van der Waals surface area (Å²) in [4.78, 5) is 16.7. The molecule has 1 heterocycles. The number of nitrogens with zero attached hydrogens (tertiary/aromatic N) is 2. The van der Waals surface area contributed by atoms with E-state index in [0.717, 1.165) is 52.2 Å². The maximum atomic E-state index is 12.4. The predicted molar refractivity (Wildman–Crippen MR) is 85.9 cm³/mol. The molecule has 1 aromatic carbocycles. The van der Waals surface area contributed by atoms with Crippen molar-refractivity contribution in [1.82, 2.24) is 9.80 Å². The molecule has 1 amide bonds. The van der Waals surface area contributed by atoms with Gasteiger partial charge in [0.2, 0.25) is 5.91 Å². The second kappa shape index (κ2) is 8.76. The van der Waals surface area contributed by atoms with E-state index in [2.05, 4.69) is 4.90 Å². The molecule has 0 atom stereocenters. The molecule has 0 unspecified atom stereocenters. The SMILES string of the molecule is COCCCN1CCCN(C(=O)Cc2ccccc2O)CC1. The molecule has 0 saturated carbocycles. The largest absolute Gasteiger partial charge is 0.508 e. The lowest BCUT2D eigenvalue weighted by Crippen LogP contribution is -2.36. The van der Waals surface area contributed by atoms with Crippen molar-refractivity contribution in [3.05, 3.63) is 29.8 Å². The van der Waals surface area contributed by atoms with E-state index in [1.54, 1.807) is 19.2 Å². The van der Waals surface area contributed by atoms with Gasteiger partial charge in [-0.2, -0.15) is 0 Å². The number of carbonyl (C=O) groups is 1. The Morgan fingerprint density at radius 1 is 1.23 bits per heavy atom. The molecule has 122 valence electrons. The molecule has 22 heavy (non-hydrogen) atoms. The second-order valence-corrected chi connectivity index (χ2v) is 5.73. The van der Waals surface area contributed by atoms with Gasteiger partial charge in [-0.25, -0.2) is 0 Å². The lowest BCUT2D eigenvalue weighted by atomic mass is 10.1. The quantitative estimate of drug-likeness (QED) is 0.809. The summed E-state index contributed by atoms with van der Waals surface area (Å²) in [6.45, 7) is 5.31. The van der Waals surface area contributed by atoms with Crippen molar-refractivity contribution in [2.75, 3.05) is 46.4 Å². The molecular formula is C17H26N2O3. The molecule has 1 fully saturated rings. The molecule has 1 aliphatic heterocycles. The summed E-state index contributed by atoms with van der Waals surface area (Å²) >= 11 is 0. The normalized spacial score (nSPS) is 16.5. The summed E-state index contributed by atoms with van der Waals surface area (Å²) in [6, 6.07) is 7.06. The Labute approximate surface area is 132 Å². The van der Waals surface area contributed by atoms with E-state index in [0.29, 0.717) is 5.56 Å². The maximum absolute atomic E-state index is 12.4. The van der Waals surface area contributed by atoms with Crippen LogP contribution in [0.4, 0.5) is 0 Å².